The van der Waals surface area contributed by atoms with E-state index >= 15 is 0 Å². The molecular weight excluding hydrogens is 152 g/mol. The number of carbonyl (C=O) groups excluding carboxylic acids is 1. The highest BCUT2D eigenvalue weighted by Gasteiger charge is 2.07. The van der Waals surface area contributed by atoms with Crippen molar-refractivity contribution >= 4 is 5.78 Å². The van der Waals surface area contributed by atoms with Crippen molar-refractivity contribution in [2.45, 2.75) is 45.1 Å². The Morgan fingerprint density at radius 1 is 1.58 bits per heavy atom. The average molecular weight is 170 g/mol. The van der Waals surface area contributed by atoms with Gasteiger partial charge in [0.25, 0.3) is 0 Å². The summed E-state index contributed by atoms with van der Waals surface area (Å²) < 4.78 is 0. The zero-order chi connectivity index (χ0) is 9.40. The van der Waals surface area contributed by atoms with E-state index in [9.17, 15) is 4.79 Å². The Balaban J connectivity index is 0.000000202. The molecule has 0 bridgehead atoms. The van der Waals surface area contributed by atoms with E-state index in [-0.39, 0.29) is 6.10 Å². The van der Waals surface area contributed by atoms with Crippen LogP contribution in [-0.2, 0) is 4.79 Å². The number of Topliss-reactive ketones (excluding diaryl/α,β-unsaturated/α-hetero) is 1. The van der Waals surface area contributed by atoms with Crippen LogP contribution in [0.3, 0.4) is 0 Å². The molecule has 0 saturated heterocycles. The fourth-order valence-corrected chi connectivity index (χ4v) is 0.936. The smallest absolute Gasteiger partial charge is 0.132 e. The summed E-state index contributed by atoms with van der Waals surface area (Å²) in [5, 5.41) is 8.55. The normalized spacial score (nSPS) is 18.0. The topological polar surface area (TPSA) is 37.3 Å². The fraction of sp³-hybridized carbons (Fsp3) is 0.700. The predicted octanol–water partition coefficient (Wildman–Crippen LogP) is 2.07. The molecule has 1 rings (SSSR count). The lowest BCUT2D eigenvalue weighted by atomic mass is 10.3. The largest absolute Gasteiger partial charge is 0.389 e. The Morgan fingerprint density at radius 3 is 2.17 bits per heavy atom. The van der Waals surface area contributed by atoms with Gasteiger partial charge >= 0.3 is 0 Å². The number of rotatable bonds is 2. The number of hydrogen-bond acceptors (Lipinski definition) is 2. The molecule has 0 amide bonds. The molecule has 0 aromatic heterocycles. The van der Waals surface area contributed by atoms with Gasteiger partial charge in [-0.25, -0.2) is 0 Å². The molecule has 1 N–H and O–H groups in total. The lowest BCUT2D eigenvalue weighted by Gasteiger charge is -1.93. The van der Waals surface area contributed by atoms with Crippen LogP contribution in [0.2, 0.25) is 0 Å². The highest BCUT2D eigenvalue weighted by atomic mass is 16.3. The third kappa shape index (κ3) is 6.10. The minimum atomic E-state index is -0.301. The van der Waals surface area contributed by atoms with Crippen LogP contribution in [0.15, 0.2) is 12.7 Å². The van der Waals surface area contributed by atoms with Crippen molar-refractivity contribution in [2.24, 2.45) is 0 Å². The van der Waals surface area contributed by atoms with Crippen LogP contribution in [0.5, 0.6) is 0 Å². The molecule has 0 radical (unpaired) electrons. The first-order valence-corrected chi connectivity index (χ1v) is 4.53. The molecule has 1 saturated carbocycles. The van der Waals surface area contributed by atoms with Crippen molar-refractivity contribution in [1.29, 1.82) is 0 Å². The summed E-state index contributed by atoms with van der Waals surface area (Å²) in [6, 6.07) is 0. The van der Waals surface area contributed by atoms with E-state index < -0.39 is 0 Å². The van der Waals surface area contributed by atoms with E-state index in [1.54, 1.807) is 0 Å². The number of hydrogen-bond donors (Lipinski definition) is 1. The fourth-order valence-electron chi connectivity index (χ4n) is 0.936. The van der Waals surface area contributed by atoms with Gasteiger partial charge in [0.15, 0.2) is 0 Å². The quantitative estimate of drug-likeness (QED) is 0.644. The number of carbonyl (C=O) groups is 1. The molecule has 0 spiro atoms. The minimum Gasteiger partial charge on any atom is -0.389 e. The summed E-state index contributed by atoms with van der Waals surface area (Å²) in [4.78, 5) is 10.2. The summed E-state index contributed by atoms with van der Waals surface area (Å²) in [5.74, 6) is 0.454. The Kier molecular flexibility index (Phi) is 6.67. The Bertz CT molecular complexity index is 133. The molecule has 2 heteroatoms. The Morgan fingerprint density at radius 2 is 2.08 bits per heavy atom. The summed E-state index contributed by atoms with van der Waals surface area (Å²) in [6.45, 7) is 5.29. The van der Waals surface area contributed by atoms with Gasteiger partial charge in [0.1, 0.15) is 5.78 Å². The molecular formula is C10H18O2. The number of aliphatic hydroxyl groups is 1. The van der Waals surface area contributed by atoms with Crippen LogP contribution in [0.4, 0.5) is 0 Å². The van der Waals surface area contributed by atoms with Crippen molar-refractivity contribution in [3.8, 4) is 0 Å². The first-order chi connectivity index (χ1) is 5.70. The SMILES string of the molecule is C=CC(O)CC.O=C1CCCC1. The molecule has 1 aliphatic rings. The van der Waals surface area contributed by atoms with E-state index in [0.29, 0.717) is 5.78 Å². The van der Waals surface area contributed by atoms with Crippen LogP contribution in [0.1, 0.15) is 39.0 Å². The van der Waals surface area contributed by atoms with Crippen LogP contribution >= 0.6 is 0 Å². The van der Waals surface area contributed by atoms with Crippen molar-refractivity contribution < 1.29 is 9.90 Å². The molecule has 0 aliphatic heterocycles. The first kappa shape index (κ1) is 11.4. The molecule has 2 nitrogen and oxygen atoms in total. The minimum absolute atomic E-state index is 0.301. The second kappa shape index (κ2) is 7.04. The molecule has 0 heterocycles. The summed E-state index contributed by atoms with van der Waals surface area (Å²) in [6.07, 6.45) is 5.96. The standard InChI is InChI=1S/C5H8O.C5H10O/c6-5-3-1-2-4-5;1-3-5(6)4-2/h1-4H2;3,5-6H,1,4H2,2H3. The Hall–Kier alpha value is -0.630. The van der Waals surface area contributed by atoms with Crippen molar-refractivity contribution in [3.05, 3.63) is 12.7 Å². The third-order valence-electron chi connectivity index (χ3n) is 1.85. The predicted molar refractivity (Wildman–Crippen MR) is 50.0 cm³/mol. The van der Waals surface area contributed by atoms with E-state index in [1.165, 1.54) is 6.08 Å². The zero-order valence-electron chi connectivity index (χ0n) is 7.75. The van der Waals surface area contributed by atoms with Gasteiger partial charge in [0.05, 0.1) is 6.10 Å². The van der Waals surface area contributed by atoms with Crippen LogP contribution < -0.4 is 0 Å². The third-order valence-corrected chi connectivity index (χ3v) is 1.85. The highest BCUT2D eigenvalue weighted by Crippen LogP contribution is 2.11. The lowest BCUT2D eigenvalue weighted by molar-refractivity contribution is -0.117. The molecule has 12 heavy (non-hydrogen) atoms. The van der Waals surface area contributed by atoms with E-state index in [0.717, 1.165) is 32.1 Å². The first-order valence-electron chi connectivity index (χ1n) is 4.53. The van der Waals surface area contributed by atoms with Gasteiger partial charge in [0.2, 0.25) is 0 Å². The van der Waals surface area contributed by atoms with Gasteiger partial charge in [-0.05, 0) is 19.3 Å². The number of aliphatic hydroxyl groups excluding tert-OH is 1. The maximum atomic E-state index is 10.2. The van der Waals surface area contributed by atoms with Crippen molar-refractivity contribution in [3.63, 3.8) is 0 Å². The maximum Gasteiger partial charge on any atom is 0.132 e. The van der Waals surface area contributed by atoms with Crippen molar-refractivity contribution in [2.75, 3.05) is 0 Å². The molecule has 1 aliphatic carbocycles. The molecule has 70 valence electrons. The summed E-state index contributed by atoms with van der Waals surface area (Å²) in [7, 11) is 0. The van der Waals surface area contributed by atoms with Crippen molar-refractivity contribution in [1.82, 2.24) is 0 Å². The summed E-state index contributed by atoms with van der Waals surface area (Å²) in [5.41, 5.74) is 0. The van der Waals surface area contributed by atoms with Gasteiger partial charge in [-0.2, -0.15) is 0 Å². The second-order valence-corrected chi connectivity index (χ2v) is 2.96. The molecule has 0 aromatic carbocycles. The van der Waals surface area contributed by atoms with Gasteiger partial charge in [-0.1, -0.05) is 13.0 Å². The maximum absolute atomic E-state index is 10.2. The van der Waals surface area contributed by atoms with E-state index in [1.807, 2.05) is 6.92 Å². The van der Waals surface area contributed by atoms with Gasteiger partial charge < -0.3 is 5.11 Å². The van der Waals surface area contributed by atoms with Crippen LogP contribution in [-0.4, -0.2) is 17.0 Å². The average Bonchev–Trinajstić information content (AvgIpc) is 2.55. The lowest BCUT2D eigenvalue weighted by Crippen LogP contribution is -1.95. The zero-order valence-corrected chi connectivity index (χ0v) is 7.75. The second-order valence-electron chi connectivity index (χ2n) is 2.96. The van der Waals surface area contributed by atoms with Gasteiger partial charge in [-0.3, -0.25) is 4.79 Å². The number of ketones is 1. The molecule has 1 unspecified atom stereocenters. The monoisotopic (exact) mass is 170 g/mol. The molecule has 1 fully saturated rings. The van der Waals surface area contributed by atoms with E-state index in [2.05, 4.69) is 6.58 Å². The van der Waals surface area contributed by atoms with Gasteiger partial charge in [0, 0.05) is 12.8 Å². The van der Waals surface area contributed by atoms with Crippen LogP contribution in [0, 0.1) is 0 Å². The van der Waals surface area contributed by atoms with E-state index in [4.69, 9.17) is 5.11 Å². The molecule has 1 atom stereocenters. The summed E-state index contributed by atoms with van der Waals surface area (Å²) >= 11 is 0. The highest BCUT2D eigenvalue weighted by molar-refractivity contribution is 5.79. The van der Waals surface area contributed by atoms with Gasteiger partial charge in [-0.15, -0.1) is 6.58 Å². The van der Waals surface area contributed by atoms with Crippen LogP contribution in [0.25, 0.3) is 0 Å². The molecule has 0 aromatic rings. The Labute approximate surface area is 74.3 Å².